The van der Waals surface area contributed by atoms with Gasteiger partial charge in [-0.1, -0.05) is 42.0 Å². The molecule has 44 heavy (non-hydrogen) atoms. The van der Waals surface area contributed by atoms with Gasteiger partial charge in [0.1, 0.15) is 11.5 Å². The topological polar surface area (TPSA) is 107 Å². The molecule has 5 rings (SSSR count). The highest BCUT2D eigenvalue weighted by atomic mass is 32.2. The lowest BCUT2D eigenvalue weighted by atomic mass is 9.85. The van der Waals surface area contributed by atoms with Crippen LogP contribution in [0.5, 0.6) is 11.5 Å². The van der Waals surface area contributed by atoms with Crippen molar-refractivity contribution < 1.29 is 27.8 Å². The number of ether oxygens (including phenoxy) is 2. The van der Waals surface area contributed by atoms with E-state index in [-0.39, 0.29) is 17.2 Å². The van der Waals surface area contributed by atoms with E-state index in [0.29, 0.717) is 29.5 Å². The molecule has 1 aromatic heterocycles. The Labute approximate surface area is 259 Å². The number of aryl methyl sites for hydroxylation is 1. The molecule has 2 N–H and O–H groups in total. The summed E-state index contributed by atoms with van der Waals surface area (Å²) < 4.78 is 40.7. The van der Waals surface area contributed by atoms with E-state index < -0.39 is 22.0 Å². The predicted octanol–water partition coefficient (Wildman–Crippen LogP) is 5.32. The van der Waals surface area contributed by atoms with E-state index in [1.165, 1.54) is 23.3 Å². The Hall–Kier alpha value is -4.08. The summed E-state index contributed by atoms with van der Waals surface area (Å²) in [6, 6.07) is 20.4. The van der Waals surface area contributed by atoms with E-state index in [4.69, 9.17) is 9.47 Å². The second kappa shape index (κ2) is 13.3. The lowest BCUT2D eigenvalue weighted by Crippen LogP contribution is -2.31. The van der Waals surface area contributed by atoms with Gasteiger partial charge in [-0.25, -0.2) is 13.1 Å². The van der Waals surface area contributed by atoms with Crippen LogP contribution in [0.4, 0.5) is 0 Å². The molecule has 0 aliphatic heterocycles. The summed E-state index contributed by atoms with van der Waals surface area (Å²) in [5, 5.41) is 11.8. The first-order chi connectivity index (χ1) is 21.1. The van der Waals surface area contributed by atoms with Gasteiger partial charge >= 0.3 is 0 Å². The van der Waals surface area contributed by atoms with Crippen LogP contribution in [0.1, 0.15) is 45.9 Å². The third-order valence-corrected chi connectivity index (χ3v) is 9.92. The molecule has 0 spiro atoms. The smallest absolute Gasteiger partial charge is 0.264 e. The molecule has 1 aliphatic carbocycles. The number of aliphatic hydroxyl groups excluding tert-OH is 1. The zero-order valence-corrected chi connectivity index (χ0v) is 26.4. The van der Waals surface area contributed by atoms with E-state index in [1.807, 2.05) is 49.0 Å². The maximum atomic E-state index is 12.7. The van der Waals surface area contributed by atoms with Crippen molar-refractivity contribution >= 4 is 15.9 Å². The summed E-state index contributed by atoms with van der Waals surface area (Å²) >= 11 is 0. The molecule has 0 unspecified atom stereocenters. The van der Waals surface area contributed by atoms with Crippen LogP contribution < -0.4 is 14.2 Å². The van der Waals surface area contributed by atoms with Crippen LogP contribution in [0.2, 0.25) is 0 Å². The Balaban J connectivity index is 1.33. The number of nitrogens with zero attached hydrogens (tertiary/aromatic N) is 1. The highest BCUT2D eigenvalue weighted by Gasteiger charge is 2.30. The molecule has 4 aromatic rings. The highest BCUT2D eigenvalue weighted by Crippen LogP contribution is 2.39. The minimum Gasteiger partial charge on any atom is -0.496 e. The molecule has 0 fully saturated rings. The molecule has 0 saturated heterocycles. The van der Waals surface area contributed by atoms with Crippen LogP contribution >= 0.6 is 0 Å². The monoisotopic (exact) mass is 616 g/mol. The Bertz CT molecular complexity index is 1680. The van der Waals surface area contributed by atoms with Crippen molar-refractivity contribution in [2.24, 2.45) is 11.8 Å². The van der Waals surface area contributed by atoms with Gasteiger partial charge in [-0.05, 0) is 91.6 Å². The number of aromatic nitrogens is 1. The number of rotatable bonds is 12. The fourth-order valence-corrected chi connectivity index (χ4v) is 7.21. The van der Waals surface area contributed by atoms with Gasteiger partial charge in [0.25, 0.3) is 10.0 Å². The lowest BCUT2D eigenvalue weighted by molar-refractivity contribution is -0.118. The van der Waals surface area contributed by atoms with Gasteiger partial charge in [0, 0.05) is 30.4 Å². The zero-order chi connectivity index (χ0) is 31.4. The molecule has 1 aliphatic rings. The van der Waals surface area contributed by atoms with E-state index in [2.05, 4.69) is 29.0 Å². The Morgan fingerprint density at radius 2 is 1.59 bits per heavy atom. The van der Waals surface area contributed by atoms with Crippen LogP contribution in [0.25, 0.3) is 0 Å². The number of sulfonamides is 1. The first-order valence-corrected chi connectivity index (χ1v) is 16.3. The van der Waals surface area contributed by atoms with Crippen LogP contribution in [0.3, 0.4) is 0 Å². The molecule has 1 amide bonds. The number of methoxy groups -OCH3 is 2. The molecule has 9 heteroatoms. The molecule has 0 bridgehead atoms. The number of nitrogens with one attached hydrogen (secondary N) is 1. The van der Waals surface area contributed by atoms with E-state index in [9.17, 15) is 18.3 Å². The largest absolute Gasteiger partial charge is 0.496 e. The van der Waals surface area contributed by atoms with Crippen molar-refractivity contribution in [1.29, 1.82) is 0 Å². The number of aliphatic hydroxyl groups is 1. The van der Waals surface area contributed by atoms with E-state index >= 15 is 0 Å². The van der Waals surface area contributed by atoms with Crippen molar-refractivity contribution in [3.8, 4) is 11.5 Å². The summed E-state index contributed by atoms with van der Waals surface area (Å²) in [5.41, 5.74) is 5.92. The third-order valence-electron chi connectivity index (χ3n) is 8.54. The summed E-state index contributed by atoms with van der Waals surface area (Å²) in [6.07, 6.45) is 5.55. The Morgan fingerprint density at radius 1 is 0.977 bits per heavy atom. The Kier molecular flexibility index (Phi) is 9.46. The van der Waals surface area contributed by atoms with E-state index in [0.717, 1.165) is 36.0 Å². The molecule has 2 atom stereocenters. The summed E-state index contributed by atoms with van der Waals surface area (Å²) in [6.45, 7) is 4.30. The molecule has 3 aromatic carbocycles. The number of fused-ring (bicyclic) bond motifs is 1. The molecular formula is C35H40N2O6S. The maximum Gasteiger partial charge on any atom is 0.264 e. The van der Waals surface area contributed by atoms with Gasteiger partial charge in [0.2, 0.25) is 5.91 Å². The standard InChI is InChI=1S/C35H40N2O6S/c1-23-9-11-31(12-10-23)44(40,41)36-34(38)18-25-13-14-37(21-25)22-30(17-26-15-27-7-5-6-8-28(27)16-26)35(39)29-19-32(42-3)24(2)33(20-29)43-4/h5-14,19-21,26,30,35,39H,15-18,22H2,1-4H3,(H,36,38)/t30-,35-/m1/s1. The predicted molar refractivity (Wildman–Crippen MR) is 169 cm³/mol. The fraction of sp³-hybridized carbons (Fsp3) is 0.343. The second-order valence-corrected chi connectivity index (χ2v) is 13.5. The molecule has 0 radical (unpaired) electrons. The van der Waals surface area contributed by atoms with Crippen molar-refractivity contribution in [2.75, 3.05) is 14.2 Å². The van der Waals surface area contributed by atoms with Crippen molar-refractivity contribution in [2.45, 2.75) is 57.1 Å². The maximum absolute atomic E-state index is 12.7. The number of carbonyl (C=O) groups excluding carboxylic acids is 1. The first kappa shape index (κ1) is 31.3. The van der Waals surface area contributed by atoms with Gasteiger partial charge in [-0.15, -0.1) is 0 Å². The van der Waals surface area contributed by atoms with Crippen molar-refractivity contribution in [3.05, 3.63) is 113 Å². The Morgan fingerprint density at radius 3 is 2.18 bits per heavy atom. The highest BCUT2D eigenvalue weighted by molar-refractivity contribution is 7.90. The van der Waals surface area contributed by atoms with Crippen LogP contribution in [0.15, 0.2) is 84.0 Å². The van der Waals surface area contributed by atoms with Crippen molar-refractivity contribution in [3.63, 3.8) is 0 Å². The van der Waals surface area contributed by atoms with E-state index in [1.54, 1.807) is 26.4 Å². The zero-order valence-electron chi connectivity index (χ0n) is 25.6. The van der Waals surface area contributed by atoms with Gasteiger partial charge in [-0.2, -0.15) is 0 Å². The van der Waals surface area contributed by atoms with Crippen molar-refractivity contribution in [1.82, 2.24) is 9.29 Å². The molecule has 232 valence electrons. The number of benzene rings is 3. The number of hydrogen-bond donors (Lipinski definition) is 2. The number of amides is 1. The summed E-state index contributed by atoms with van der Waals surface area (Å²) in [5.74, 6) is 0.930. The average Bonchev–Trinajstić information content (AvgIpc) is 3.62. The number of carbonyl (C=O) groups is 1. The third kappa shape index (κ3) is 7.17. The first-order valence-electron chi connectivity index (χ1n) is 14.8. The quantitative estimate of drug-likeness (QED) is 0.223. The fourth-order valence-electron chi connectivity index (χ4n) is 6.22. The second-order valence-electron chi connectivity index (χ2n) is 11.8. The summed E-state index contributed by atoms with van der Waals surface area (Å²) in [7, 11) is -0.749. The van der Waals surface area contributed by atoms with Crippen LogP contribution in [-0.2, 0) is 40.6 Å². The molecule has 1 heterocycles. The van der Waals surface area contributed by atoms with Gasteiger partial charge in [-0.3, -0.25) is 4.79 Å². The lowest BCUT2D eigenvalue weighted by Gasteiger charge is -2.27. The molecular weight excluding hydrogens is 576 g/mol. The average molecular weight is 617 g/mol. The van der Waals surface area contributed by atoms with Crippen LogP contribution in [0, 0.1) is 25.7 Å². The molecule has 8 nitrogen and oxygen atoms in total. The molecule has 0 saturated carbocycles. The van der Waals surface area contributed by atoms with Crippen LogP contribution in [-0.4, -0.2) is 38.2 Å². The van der Waals surface area contributed by atoms with Gasteiger partial charge in [0.05, 0.1) is 31.6 Å². The SMILES string of the molecule is COc1cc([C@@H](O)[C@H](CC2Cc3ccccc3C2)Cn2ccc(CC(=O)NS(=O)(=O)c3ccc(C)cc3)c2)cc(OC)c1C. The van der Waals surface area contributed by atoms with Gasteiger partial charge in [0.15, 0.2) is 0 Å². The number of hydrogen-bond acceptors (Lipinski definition) is 6. The minimum absolute atomic E-state index is 0.0456. The normalized spacial score (nSPS) is 14.6. The summed E-state index contributed by atoms with van der Waals surface area (Å²) in [4.78, 5) is 12.8. The minimum atomic E-state index is -3.96. The van der Waals surface area contributed by atoms with Gasteiger partial charge < -0.3 is 19.1 Å².